The highest BCUT2D eigenvalue weighted by molar-refractivity contribution is 6.74. The lowest BCUT2D eigenvalue weighted by Crippen LogP contribution is -2.41. The van der Waals surface area contributed by atoms with Crippen LogP contribution in [0.3, 0.4) is 0 Å². The maximum absolute atomic E-state index is 12.5. The maximum atomic E-state index is 12.5. The lowest BCUT2D eigenvalue weighted by atomic mass is 10.0. The van der Waals surface area contributed by atoms with Gasteiger partial charge in [-0.1, -0.05) is 51.1 Å². The van der Waals surface area contributed by atoms with E-state index in [1.165, 1.54) is 5.56 Å². The number of aromatic nitrogens is 2. The molecule has 4 nitrogen and oxygen atoms in total. The van der Waals surface area contributed by atoms with E-state index in [1.54, 1.807) is 6.20 Å². The van der Waals surface area contributed by atoms with Crippen LogP contribution in [-0.4, -0.2) is 30.9 Å². The minimum atomic E-state index is -1.76. The van der Waals surface area contributed by atoms with E-state index in [-0.39, 0.29) is 10.8 Å². The number of carbonyl (C=O) groups excluding carboxylic acids is 1. The van der Waals surface area contributed by atoms with Gasteiger partial charge in [0.25, 0.3) is 0 Å². The average Bonchev–Trinajstić information content (AvgIpc) is 3.03. The fourth-order valence-electron chi connectivity index (χ4n) is 2.60. The molecule has 5 heteroatoms. The fourth-order valence-corrected chi connectivity index (χ4v) is 3.64. The molecule has 1 N–H and O–H groups in total. The third-order valence-corrected chi connectivity index (χ3v) is 9.89. The topological polar surface area (TPSA) is 55.0 Å². The summed E-state index contributed by atoms with van der Waals surface area (Å²) in [6.45, 7) is 11.8. The van der Waals surface area contributed by atoms with Crippen LogP contribution in [0.4, 0.5) is 0 Å². The van der Waals surface area contributed by atoms with Crippen molar-refractivity contribution in [3.63, 3.8) is 0 Å². The highest BCUT2D eigenvalue weighted by Crippen LogP contribution is 2.36. The SMILES string of the molecule is CC(C)(C)[Si](C)(C)OCCc1cn[nH]c1C(=O)CCCc1ccccc1. The van der Waals surface area contributed by atoms with Crippen LogP contribution in [-0.2, 0) is 17.3 Å². The Hall–Kier alpha value is -1.72. The van der Waals surface area contributed by atoms with Crippen molar-refractivity contribution in [1.29, 1.82) is 0 Å². The van der Waals surface area contributed by atoms with E-state index in [9.17, 15) is 4.79 Å². The summed E-state index contributed by atoms with van der Waals surface area (Å²) in [5, 5.41) is 7.17. The first-order valence-corrected chi connectivity index (χ1v) is 12.3. The second kappa shape index (κ2) is 8.78. The molecule has 0 aliphatic carbocycles. The summed E-state index contributed by atoms with van der Waals surface area (Å²) in [5.74, 6) is 0.140. The van der Waals surface area contributed by atoms with Gasteiger partial charge >= 0.3 is 0 Å². The lowest BCUT2D eigenvalue weighted by Gasteiger charge is -2.36. The van der Waals surface area contributed by atoms with E-state index < -0.39 is 8.32 Å². The largest absolute Gasteiger partial charge is 0.416 e. The van der Waals surface area contributed by atoms with Gasteiger partial charge in [-0.3, -0.25) is 9.89 Å². The summed E-state index contributed by atoms with van der Waals surface area (Å²) in [7, 11) is -1.76. The number of hydrogen-bond acceptors (Lipinski definition) is 3. The zero-order chi connectivity index (χ0) is 19.2. The minimum absolute atomic E-state index is 0.140. The van der Waals surface area contributed by atoms with Crippen LogP contribution >= 0.6 is 0 Å². The van der Waals surface area contributed by atoms with Gasteiger partial charge in [-0.05, 0) is 43.0 Å². The van der Waals surface area contributed by atoms with Crippen molar-refractivity contribution >= 4 is 14.1 Å². The van der Waals surface area contributed by atoms with Crippen molar-refractivity contribution in [1.82, 2.24) is 10.2 Å². The first-order chi connectivity index (χ1) is 12.2. The molecular formula is C21H32N2O2Si. The van der Waals surface area contributed by atoms with Crippen molar-refractivity contribution < 1.29 is 9.22 Å². The Kier molecular flexibility index (Phi) is 6.95. The van der Waals surface area contributed by atoms with E-state index in [0.29, 0.717) is 18.7 Å². The molecule has 2 rings (SSSR count). The number of aromatic amines is 1. The van der Waals surface area contributed by atoms with E-state index >= 15 is 0 Å². The van der Waals surface area contributed by atoms with Gasteiger partial charge in [0, 0.05) is 18.6 Å². The summed E-state index contributed by atoms with van der Waals surface area (Å²) >= 11 is 0. The summed E-state index contributed by atoms with van der Waals surface area (Å²) in [4.78, 5) is 12.5. The predicted octanol–water partition coefficient (Wildman–Crippen LogP) is 5.18. The Balaban J connectivity index is 1.84. The van der Waals surface area contributed by atoms with E-state index in [0.717, 1.165) is 24.8 Å². The number of nitrogens with zero attached hydrogens (tertiary/aromatic N) is 1. The molecule has 0 aliphatic heterocycles. The smallest absolute Gasteiger partial charge is 0.191 e. The molecule has 1 aromatic carbocycles. The Bertz CT molecular complexity index is 702. The van der Waals surface area contributed by atoms with Crippen LogP contribution in [0.1, 0.15) is 55.2 Å². The number of nitrogens with one attached hydrogen (secondary N) is 1. The molecule has 1 aromatic heterocycles. The van der Waals surface area contributed by atoms with E-state index in [1.807, 2.05) is 18.2 Å². The van der Waals surface area contributed by atoms with E-state index in [4.69, 9.17) is 4.43 Å². The van der Waals surface area contributed by atoms with Crippen molar-refractivity contribution in [3.05, 3.63) is 53.3 Å². The quantitative estimate of drug-likeness (QED) is 0.487. The summed E-state index contributed by atoms with van der Waals surface area (Å²) in [6.07, 6.45) is 4.79. The van der Waals surface area contributed by atoms with Crippen molar-refractivity contribution in [2.24, 2.45) is 0 Å². The molecule has 0 unspecified atom stereocenters. The Labute approximate surface area is 158 Å². The third kappa shape index (κ3) is 5.64. The van der Waals surface area contributed by atoms with Crippen molar-refractivity contribution in [2.45, 2.75) is 64.6 Å². The number of carbonyl (C=O) groups is 1. The number of benzene rings is 1. The van der Waals surface area contributed by atoms with Crippen LogP contribution in [0.5, 0.6) is 0 Å². The van der Waals surface area contributed by atoms with Gasteiger partial charge < -0.3 is 4.43 Å². The number of aryl methyl sites for hydroxylation is 1. The molecule has 26 heavy (non-hydrogen) atoms. The van der Waals surface area contributed by atoms with Crippen molar-refractivity contribution in [2.75, 3.05) is 6.61 Å². The monoisotopic (exact) mass is 372 g/mol. The highest BCUT2D eigenvalue weighted by atomic mass is 28.4. The Morgan fingerprint density at radius 1 is 1.15 bits per heavy atom. The van der Waals surface area contributed by atoms with Gasteiger partial charge in [-0.15, -0.1) is 0 Å². The average molecular weight is 373 g/mol. The third-order valence-electron chi connectivity index (χ3n) is 5.35. The van der Waals surface area contributed by atoms with Gasteiger partial charge in [-0.25, -0.2) is 0 Å². The highest BCUT2D eigenvalue weighted by Gasteiger charge is 2.36. The molecule has 0 spiro atoms. The summed E-state index contributed by atoms with van der Waals surface area (Å²) < 4.78 is 6.23. The molecule has 0 fully saturated rings. The second-order valence-electron chi connectivity index (χ2n) is 8.39. The summed E-state index contributed by atoms with van der Waals surface area (Å²) in [5.41, 5.74) is 2.89. The Morgan fingerprint density at radius 3 is 2.50 bits per heavy atom. The minimum Gasteiger partial charge on any atom is -0.416 e. The molecule has 2 aromatic rings. The molecule has 0 radical (unpaired) electrons. The fraction of sp³-hybridized carbons (Fsp3) is 0.524. The molecule has 0 saturated carbocycles. The molecule has 0 bridgehead atoms. The lowest BCUT2D eigenvalue weighted by molar-refractivity contribution is 0.0974. The zero-order valence-corrected chi connectivity index (χ0v) is 17.8. The van der Waals surface area contributed by atoms with Gasteiger partial charge in [0.05, 0.1) is 6.20 Å². The van der Waals surface area contributed by atoms with Crippen LogP contribution in [0.25, 0.3) is 0 Å². The van der Waals surface area contributed by atoms with Crippen molar-refractivity contribution in [3.8, 4) is 0 Å². The molecule has 1 heterocycles. The second-order valence-corrected chi connectivity index (χ2v) is 13.2. The molecule has 142 valence electrons. The molecule has 0 amide bonds. The standard InChI is InChI=1S/C21H32N2O2Si/c1-21(2,3)26(4,5)25-15-14-18-16-22-23-20(18)19(24)13-9-12-17-10-7-6-8-11-17/h6-8,10-11,16H,9,12-15H2,1-5H3,(H,22,23). The number of H-pyrrole nitrogens is 1. The number of rotatable bonds is 9. The van der Waals surface area contributed by atoms with Gasteiger partial charge in [-0.2, -0.15) is 5.10 Å². The molecule has 0 atom stereocenters. The molecule has 0 saturated heterocycles. The van der Waals surface area contributed by atoms with Crippen LogP contribution in [0.15, 0.2) is 36.5 Å². The number of hydrogen-bond donors (Lipinski definition) is 1. The summed E-state index contributed by atoms with van der Waals surface area (Å²) in [6, 6.07) is 10.3. The Morgan fingerprint density at radius 2 is 1.85 bits per heavy atom. The normalized spacial score (nSPS) is 12.3. The van der Waals surface area contributed by atoms with Crippen LogP contribution in [0.2, 0.25) is 18.1 Å². The van der Waals surface area contributed by atoms with Gasteiger partial charge in [0.2, 0.25) is 0 Å². The van der Waals surface area contributed by atoms with Crippen LogP contribution < -0.4 is 0 Å². The maximum Gasteiger partial charge on any atom is 0.191 e. The van der Waals surface area contributed by atoms with Gasteiger partial charge in [0.1, 0.15) is 5.69 Å². The first-order valence-electron chi connectivity index (χ1n) is 9.44. The van der Waals surface area contributed by atoms with E-state index in [2.05, 4.69) is 56.2 Å². The van der Waals surface area contributed by atoms with Gasteiger partial charge in [0.15, 0.2) is 14.1 Å². The van der Waals surface area contributed by atoms with Crippen LogP contribution in [0, 0.1) is 0 Å². The first kappa shape index (κ1) is 20.6. The molecule has 0 aliphatic rings. The zero-order valence-electron chi connectivity index (χ0n) is 16.8. The number of Topliss-reactive ketones (excluding diaryl/α,β-unsaturated/α-hetero) is 1. The predicted molar refractivity (Wildman–Crippen MR) is 109 cm³/mol. The molecular weight excluding hydrogens is 340 g/mol. The number of ketones is 1.